The Morgan fingerprint density at radius 1 is 1.12 bits per heavy atom. The van der Waals surface area contributed by atoms with Crippen molar-refractivity contribution in [3.05, 3.63) is 65.5 Å². The van der Waals surface area contributed by atoms with Gasteiger partial charge in [0.15, 0.2) is 5.78 Å². The fraction of sp³-hybridized carbons (Fsp3) is 0.423. The largest absolute Gasteiger partial charge is 0.464 e. The highest BCUT2D eigenvalue weighted by molar-refractivity contribution is 5.98. The van der Waals surface area contributed by atoms with E-state index in [1.54, 1.807) is 48.5 Å². The van der Waals surface area contributed by atoms with E-state index in [9.17, 15) is 14.4 Å². The Morgan fingerprint density at radius 2 is 1.79 bits per heavy atom. The lowest BCUT2D eigenvalue weighted by atomic mass is 9.97. The van der Waals surface area contributed by atoms with Crippen LogP contribution in [-0.4, -0.2) is 60.0 Å². The minimum Gasteiger partial charge on any atom is -0.464 e. The topological polar surface area (TPSA) is 110 Å². The van der Waals surface area contributed by atoms with Crippen molar-refractivity contribution in [3.63, 3.8) is 0 Å². The van der Waals surface area contributed by atoms with Crippen LogP contribution in [0.15, 0.2) is 48.8 Å². The van der Waals surface area contributed by atoms with Crippen LogP contribution >= 0.6 is 0 Å². The first-order valence-corrected chi connectivity index (χ1v) is 11.4. The molecule has 2 aromatic rings. The number of esters is 1. The van der Waals surface area contributed by atoms with Crippen molar-refractivity contribution in [1.29, 1.82) is 5.26 Å². The van der Waals surface area contributed by atoms with Crippen LogP contribution in [-0.2, 0) is 25.5 Å². The average molecular weight is 464 g/mol. The minimum atomic E-state index is -0.434. The Hall–Kier alpha value is -3.57. The number of aromatic nitrogens is 1. The van der Waals surface area contributed by atoms with E-state index in [0.29, 0.717) is 43.5 Å². The summed E-state index contributed by atoms with van der Waals surface area (Å²) in [5.74, 6) is -1.01. The van der Waals surface area contributed by atoms with Crippen LogP contribution in [0, 0.1) is 17.2 Å². The first-order valence-electron chi connectivity index (χ1n) is 11.4. The molecule has 1 aliphatic rings. The predicted octanol–water partition coefficient (Wildman–Crippen LogP) is 2.96. The fourth-order valence-electron chi connectivity index (χ4n) is 3.83. The smallest absolute Gasteiger partial charge is 0.332 e. The third-order valence-corrected chi connectivity index (χ3v) is 5.84. The van der Waals surface area contributed by atoms with E-state index in [1.165, 1.54) is 0 Å². The molecule has 0 bridgehead atoms. The van der Waals surface area contributed by atoms with Crippen LogP contribution < -0.4 is 0 Å². The van der Waals surface area contributed by atoms with Gasteiger partial charge in [0.05, 0.1) is 24.3 Å². The number of piperidine rings is 1. The van der Waals surface area contributed by atoms with Gasteiger partial charge in [-0.05, 0) is 42.7 Å². The molecule has 0 unspecified atom stereocenters. The summed E-state index contributed by atoms with van der Waals surface area (Å²) in [7, 11) is 0. The molecule has 8 heteroatoms. The SMILES string of the molecule is C[C@H](CC(=O)c1ccc(C#N)cc1)C(=O)N1CCC(OCC(=O)OCCc2ccncc2)CC1. The molecule has 1 aromatic carbocycles. The molecule has 34 heavy (non-hydrogen) atoms. The highest BCUT2D eigenvalue weighted by Crippen LogP contribution is 2.19. The highest BCUT2D eigenvalue weighted by atomic mass is 16.6. The quantitative estimate of drug-likeness (QED) is 0.394. The van der Waals surface area contributed by atoms with Gasteiger partial charge in [-0.3, -0.25) is 14.6 Å². The predicted molar refractivity (Wildman–Crippen MR) is 124 cm³/mol. The molecule has 2 heterocycles. The first kappa shape index (κ1) is 25.1. The zero-order valence-corrected chi connectivity index (χ0v) is 19.3. The van der Waals surface area contributed by atoms with Crippen molar-refractivity contribution in [3.8, 4) is 6.07 Å². The number of ether oxygens (including phenoxy) is 2. The number of pyridine rings is 1. The van der Waals surface area contributed by atoms with Crippen LogP contribution in [0.5, 0.6) is 0 Å². The molecule has 3 rings (SSSR count). The maximum atomic E-state index is 12.8. The van der Waals surface area contributed by atoms with Crippen molar-refractivity contribution in [2.75, 3.05) is 26.3 Å². The van der Waals surface area contributed by atoms with Gasteiger partial charge in [0.1, 0.15) is 6.61 Å². The monoisotopic (exact) mass is 463 g/mol. The van der Waals surface area contributed by atoms with E-state index < -0.39 is 11.9 Å². The molecule has 1 aromatic heterocycles. The first-order chi connectivity index (χ1) is 16.5. The van der Waals surface area contributed by atoms with Crippen LogP contribution in [0.2, 0.25) is 0 Å². The molecular weight excluding hydrogens is 434 g/mol. The molecule has 1 fully saturated rings. The van der Waals surface area contributed by atoms with Gasteiger partial charge in [-0.1, -0.05) is 19.1 Å². The van der Waals surface area contributed by atoms with Gasteiger partial charge in [-0.2, -0.15) is 5.26 Å². The van der Waals surface area contributed by atoms with Gasteiger partial charge in [0, 0.05) is 49.8 Å². The zero-order valence-electron chi connectivity index (χ0n) is 19.3. The van der Waals surface area contributed by atoms with Crippen LogP contribution in [0.3, 0.4) is 0 Å². The maximum absolute atomic E-state index is 12.8. The maximum Gasteiger partial charge on any atom is 0.332 e. The van der Waals surface area contributed by atoms with Gasteiger partial charge < -0.3 is 14.4 Å². The van der Waals surface area contributed by atoms with Gasteiger partial charge in [-0.15, -0.1) is 0 Å². The molecule has 0 aliphatic carbocycles. The Balaban J connectivity index is 1.34. The van der Waals surface area contributed by atoms with Crippen molar-refractivity contribution < 1.29 is 23.9 Å². The second-order valence-electron chi connectivity index (χ2n) is 8.38. The molecule has 0 radical (unpaired) electrons. The second-order valence-corrected chi connectivity index (χ2v) is 8.38. The molecule has 1 amide bonds. The third-order valence-electron chi connectivity index (χ3n) is 5.84. The number of hydrogen-bond donors (Lipinski definition) is 0. The molecule has 178 valence electrons. The van der Waals surface area contributed by atoms with Crippen molar-refractivity contribution >= 4 is 17.7 Å². The lowest BCUT2D eigenvalue weighted by molar-refractivity contribution is -0.153. The molecule has 0 N–H and O–H groups in total. The summed E-state index contributed by atoms with van der Waals surface area (Å²) >= 11 is 0. The van der Waals surface area contributed by atoms with Crippen LogP contribution in [0.4, 0.5) is 0 Å². The Morgan fingerprint density at radius 3 is 2.44 bits per heavy atom. The number of ketones is 1. The summed E-state index contributed by atoms with van der Waals surface area (Å²) in [5.41, 5.74) is 2.04. The van der Waals surface area contributed by atoms with Gasteiger partial charge >= 0.3 is 5.97 Å². The van der Waals surface area contributed by atoms with Crippen molar-refractivity contribution in [2.45, 2.75) is 38.7 Å². The zero-order chi connectivity index (χ0) is 24.3. The number of benzene rings is 1. The standard InChI is InChI=1S/C26H29N3O5/c1-19(16-24(30)22-4-2-21(17-27)3-5-22)26(32)29-13-8-23(9-14-29)34-18-25(31)33-15-10-20-6-11-28-12-7-20/h2-7,11-12,19,23H,8-10,13-16,18H2,1H3/t19-/m1/s1. The van der Waals surface area contributed by atoms with E-state index in [1.807, 2.05) is 18.2 Å². The molecule has 1 aliphatic heterocycles. The summed E-state index contributed by atoms with van der Waals surface area (Å²) in [4.78, 5) is 42.9. The van der Waals surface area contributed by atoms with Gasteiger partial charge in [0.2, 0.25) is 5.91 Å². The Bertz CT molecular complexity index is 1010. The number of Topliss-reactive ketones (excluding diaryl/α,β-unsaturated/α-hetero) is 1. The number of hydrogen-bond acceptors (Lipinski definition) is 7. The molecular formula is C26H29N3O5. The second kappa shape index (κ2) is 12.6. The number of nitrogens with zero attached hydrogens (tertiary/aromatic N) is 3. The number of likely N-dealkylation sites (tertiary alicyclic amines) is 1. The summed E-state index contributed by atoms with van der Waals surface area (Å²) in [6, 6.07) is 12.2. The summed E-state index contributed by atoms with van der Waals surface area (Å²) in [5, 5.41) is 8.86. The summed E-state index contributed by atoms with van der Waals surface area (Å²) in [6.45, 7) is 2.99. The minimum absolute atomic E-state index is 0.0593. The van der Waals surface area contributed by atoms with E-state index >= 15 is 0 Å². The fourth-order valence-corrected chi connectivity index (χ4v) is 3.83. The highest BCUT2D eigenvalue weighted by Gasteiger charge is 2.28. The summed E-state index contributed by atoms with van der Waals surface area (Å²) in [6.07, 6.45) is 5.30. The lowest BCUT2D eigenvalue weighted by Gasteiger charge is -2.33. The normalized spacial score (nSPS) is 14.8. The number of carbonyl (C=O) groups excluding carboxylic acids is 3. The lowest BCUT2D eigenvalue weighted by Crippen LogP contribution is -2.43. The summed E-state index contributed by atoms with van der Waals surface area (Å²) < 4.78 is 10.9. The van der Waals surface area contributed by atoms with Gasteiger partial charge in [0.25, 0.3) is 0 Å². The van der Waals surface area contributed by atoms with E-state index in [0.717, 1.165) is 5.56 Å². The van der Waals surface area contributed by atoms with E-state index in [4.69, 9.17) is 14.7 Å². The van der Waals surface area contributed by atoms with Crippen LogP contribution in [0.1, 0.15) is 47.7 Å². The Kier molecular flexibility index (Phi) is 9.30. The van der Waals surface area contributed by atoms with Gasteiger partial charge in [-0.25, -0.2) is 4.79 Å². The number of rotatable bonds is 10. The Labute approximate surface area is 199 Å². The molecule has 1 saturated heterocycles. The molecule has 8 nitrogen and oxygen atoms in total. The third kappa shape index (κ3) is 7.49. The van der Waals surface area contributed by atoms with Crippen molar-refractivity contribution in [2.24, 2.45) is 5.92 Å². The average Bonchev–Trinajstić information content (AvgIpc) is 2.88. The molecule has 0 saturated carbocycles. The molecule has 0 spiro atoms. The van der Waals surface area contributed by atoms with E-state index in [-0.39, 0.29) is 37.4 Å². The number of nitriles is 1. The van der Waals surface area contributed by atoms with Crippen LogP contribution in [0.25, 0.3) is 0 Å². The number of amides is 1. The molecule has 1 atom stereocenters. The van der Waals surface area contributed by atoms with E-state index in [2.05, 4.69) is 4.98 Å². The van der Waals surface area contributed by atoms with Crippen molar-refractivity contribution in [1.82, 2.24) is 9.88 Å². The number of carbonyl (C=O) groups is 3.